The summed E-state index contributed by atoms with van der Waals surface area (Å²) >= 11 is 5.77. The van der Waals surface area contributed by atoms with Gasteiger partial charge in [-0.05, 0) is 38.1 Å². The second-order valence-electron chi connectivity index (χ2n) is 4.95. The molecule has 0 bridgehead atoms. The lowest BCUT2D eigenvalue weighted by Gasteiger charge is -2.14. The lowest BCUT2D eigenvalue weighted by Crippen LogP contribution is -2.28. The van der Waals surface area contributed by atoms with Gasteiger partial charge in [-0.15, -0.1) is 0 Å². The summed E-state index contributed by atoms with van der Waals surface area (Å²) in [5, 5.41) is 5.84. The van der Waals surface area contributed by atoms with Gasteiger partial charge in [-0.25, -0.2) is 4.98 Å². The van der Waals surface area contributed by atoms with Crippen molar-refractivity contribution in [3.05, 3.63) is 53.2 Å². The maximum Gasteiger partial charge on any atom is 0.258 e. The van der Waals surface area contributed by atoms with E-state index in [0.717, 1.165) is 0 Å². The normalized spacial score (nSPS) is 11.6. The number of amides is 2. The van der Waals surface area contributed by atoms with Gasteiger partial charge in [0.25, 0.3) is 11.8 Å². The maximum absolute atomic E-state index is 12.4. The fourth-order valence-corrected chi connectivity index (χ4v) is 2.10. The Morgan fingerprint density at radius 2 is 1.96 bits per heavy atom. The van der Waals surface area contributed by atoms with Crippen LogP contribution in [-0.2, 0) is 9.53 Å². The monoisotopic (exact) mass is 347 g/mol. The highest BCUT2D eigenvalue weighted by molar-refractivity contribution is 6.30. The van der Waals surface area contributed by atoms with Gasteiger partial charge < -0.3 is 15.4 Å². The SMILES string of the molecule is CCO[C@@H](C)C(=O)Nc1ccccc1C(=O)Nc1ccc(Cl)cn1. The molecule has 1 aromatic heterocycles. The molecule has 0 saturated carbocycles. The van der Waals surface area contributed by atoms with Crippen LogP contribution in [0, 0.1) is 0 Å². The van der Waals surface area contributed by atoms with Crippen LogP contribution in [0.5, 0.6) is 0 Å². The molecule has 0 fully saturated rings. The third-order valence-electron chi connectivity index (χ3n) is 3.18. The number of carbonyl (C=O) groups is 2. The van der Waals surface area contributed by atoms with E-state index in [1.807, 2.05) is 6.92 Å². The van der Waals surface area contributed by atoms with Gasteiger partial charge in [0.1, 0.15) is 11.9 Å². The van der Waals surface area contributed by atoms with Gasteiger partial charge in [-0.1, -0.05) is 23.7 Å². The van der Waals surface area contributed by atoms with Gasteiger partial charge >= 0.3 is 0 Å². The number of nitrogens with one attached hydrogen (secondary N) is 2. The Kier molecular flexibility index (Phi) is 6.28. The summed E-state index contributed by atoms with van der Waals surface area (Å²) in [6.07, 6.45) is 0.832. The van der Waals surface area contributed by atoms with Crippen molar-refractivity contribution in [3.8, 4) is 0 Å². The van der Waals surface area contributed by atoms with E-state index in [2.05, 4.69) is 15.6 Å². The van der Waals surface area contributed by atoms with Crippen LogP contribution in [0.2, 0.25) is 5.02 Å². The van der Waals surface area contributed by atoms with E-state index in [-0.39, 0.29) is 11.8 Å². The number of halogens is 1. The van der Waals surface area contributed by atoms with E-state index in [0.29, 0.717) is 28.7 Å². The van der Waals surface area contributed by atoms with Crippen LogP contribution in [0.4, 0.5) is 11.5 Å². The predicted octanol–water partition coefficient (Wildman–Crippen LogP) is 3.35. The molecule has 2 amide bonds. The number of hydrogen-bond donors (Lipinski definition) is 2. The van der Waals surface area contributed by atoms with Crippen molar-refractivity contribution in [2.24, 2.45) is 0 Å². The van der Waals surface area contributed by atoms with Crippen molar-refractivity contribution in [2.45, 2.75) is 20.0 Å². The number of nitrogens with zero attached hydrogens (tertiary/aromatic N) is 1. The highest BCUT2D eigenvalue weighted by Crippen LogP contribution is 2.18. The Labute approximate surface area is 145 Å². The third kappa shape index (κ3) is 4.78. The molecular weight excluding hydrogens is 330 g/mol. The molecule has 2 N–H and O–H groups in total. The molecular formula is C17H18ClN3O3. The molecule has 1 heterocycles. The van der Waals surface area contributed by atoms with Crippen LogP contribution < -0.4 is 10.6 Å². The fourth-order valence-electron chi connectivity index (χ4n) is 1.98. The summed E-state index contributed by atoms with van der Waals surface area (Å²) in [4.78, 5) is 28.5. The van der Waals surface area contributed by atoms with Crippen LogP contribution in [0.1, 0.15) is 24.2 Å². The van der Waals surface area contributed by atoms with Gasteiger partial charge in [0.05, 0.1) is 16.3 Å². The number of hydrogen-bond acceptors (Lipinski definition) is 4. The zero-order valence-corrected chi connectivity index (χ0v) is 14.1. The minimum absolute atomic E-state index is 0.318. The summed E-state index contributed by atoms with van der Waals surface area (Å²) in [7, 11) is 0. The van der Waals surface area contributed by atoms with E-state index < -0.39 is 6.10 Å². The maximum atomic E-state index is 12.4. The molecule has 0 aliphatic heterocycles. The average Bonchev–Trinajstić information content (AvgIpc) is 2.57. The Morgan fingerprint density at radius 1 is 1.21 bits per heavy atom. The van der Waals surface area contributed by atoms with Gasteiger partial charge in [0.15, 0.2) is 0 Å². The number of rotatable bonds is 6. The second-order valence-corrected chi connectivity index (χ2v) is 5.38. The lowest BCUT2D eigenvalue weighted by molar-refractivity contribution is -0.126. The first-order valence-electron chi connectivity index (χ1n) is 7.45. The smallest absolute Gasteiger partial charge is 0.258 e. The quantitative estimate of drug-likeness (QED) is 0.839. The van der Waals surface area contributed by atoms with Crippen molar-refractivity contribution in [1.29, 1.82) is 0 Å². The number of aromatic nitrogens is 1. The molecule has 0 aliphatic carbocycles. The van der Waals surface area contributed by atoms with Crippen molar-refractivity contribution in [1.82, 2.24) is 4.98 Å². The number of anilines is 2. The molecule has 2 aromatic rings. The molecule has 126 valence electrons. The van der Waals surface area contributed by atoms with Crippen molar-refractivity contribution < 1.29 is 14.3 Å². The zero-order valence-electron chi connectivity index (χ0n) is 13.4. The van der Waals surface area contributed by atoms with Crippen LogP contribution >= 0.6 is 11.6 Å². The van der Waals surface area contributed by atoms with E-state index in [1.165, 1.54) is 6.20 Å². The molecule has 1 aromatic carbocycles. The fraction of sp³-hybridized carbons (Fsp3) is 0.235. The molecule has 0 radical (unpaired) electrons. The van der Waals surface area contributed by atoms with Crippen LogP contribution in [0.15, 0.2) is 42.6 Å². The first-order chi connectivity index (χ1) is 11.5. The van der Waals surface area contributed by atoms with Crippen molar-refractivity contribution in [2.75, 3.05) is 17.2 Å². The lowest BCUT2D eigenvalue weighted by atomic mass is 10.1. The van der Waals surface area contributed by atoms with Gasteiger partial charge in [-0.2, -0.15) is 0 Å². The first kappa shape index (κ1) is 17.9. The Morgan fingerprint density at radius 3 is 2.62 bits per heavy atom. The topological polar surface area (TPSA) is 80.3 Å². The first-order valence-corrected chi connectivity index (χ1v) is 7.83. The second kappa shape index (κ2) is 8.42. The highest BCUT2D eigenvalue weighted by atomic mass is 35.5. The number of benzene rings is 1. The number of pyridine rings is 1. The van der Waals surface area contributed by atoms with Crippen LogP contribution in [0.3, 0.4) is 0 Å². The van der Waals surface area contributed by atoms with Crippen molar-refractivity contribution in [3.63, 3.8) is 0 Å². The average molecular weight is 348 g/mol. The molecule has 6 nitrogen and oxygen atoms in total. The van der Waals surface area contributed by atoms with E-state index in [4.69, 9.17) is 16.3 Å². The molecule has 1 atom stereocenters. The summed E-state index contributed by atoms with van der Waals surface area (Å²) in [6, 6.07) is 9.94. The molecule has 0 unspecified atom stereocenters. The molecule has 0 saturated heterocycles. The van der Waals surface area contributed by atoms with Gasteiger partial charge in [-0.3, -0.25) is 9.59 Å². The number of carbonyl (C=O) groups excluding carboxylic acids is 2. The number of ether oxygens (including phenoxy) is 1. The van der Waals surface area contributed by atoms with E-state index in [9.17, 15) is 9.59 Å². The summed E-state index contributed by atoms with van der Waals surface area (Å²) in [6.45, 7) is 3.89. The summed E-state index contributed by atoms with van der Waals surface area (Å²) in [5.41, 5.74) is 0.729. The minimum atomic E-state index is -0.607. The number of para-hydroxylation sites is 1. The van der Waals surface area contributed by atoms with Crippen LogP contribution in [-0.4, -0.2) is 29.5 Å². The molecule has 2 rings (SSSR count). The predicted molar refractivity (Wildman–Crippen MR) is 93.4 cm³/mol. The molecule has 0 aliphatic rings. The Bertz CT molecular complexity index is 719. The Hall–Kier alpha value is -2.44. The molecule has 24 heavy (non-hydrogen) atoms. The zero-order chi connectivity index (χ0) is 17.5. The molecule has 0 spiro atoms. The standard InChI is InChI=1S/C17H18ClN3O3/c1-3-24-11(2)16(22)20-14-7-5-4-6-13(14)17(23)21-15-9-8-12(18)10-19-15/h4-11H,3H2,1-2H3,(H,20,22)(H,19,21,23)/t11-/m0/s1. The largest absolute Gasteiger partial charge is 0.369 e. The highest BCUT2D eigenvalue weighted by Gasteiger charge is 2.17. The van der Waals surface area contributed by atoms with Crippen LogP contribution in [0.25, 0.3) is 0 Å². The van der Waals surface area contributed by atoms with Gasteiger partial charge in [0, 0.05) is 12.8 Å². The van der Waals surface area contributed by atoms with Crippen molar-refractivity contribution >= 4 is 34.9 Å². The van der Waals surface area contributed by atoms with E-state index in [1.54, 1.807) is 43.3 Å². The molecule has 7 heteroatoms. The summed E-state index contributed by atoms with van der Waals surface area (Å²) in [5.74, 6) is -0.334. The van der Waals surface area contributed by atoms with Gasteiger partial charge in [0.2, 0.25) is 0 Å². The third-order valence-corrected chi connectivity index (χ3v) is 3.41. The minimum Gasteiger partial charge on any atom is -0.369 e. The van der Waals surface area contributed by atoms with E-state index >= 15 is 0 Å². The Balaban J connectivity index is 2.14. The summed E-state index contributed by atoms with van der Waals surface area (Å²) < 4.78 is 5.25.